The Morgan fingerprint density at radius 2 is 1.44 bits per heavy atom. The molecule has 70 heavy (non-hydrogen) atoms. The second kappa shape index (κ2) is 21.6. The number of nitrogens with one attached hydrogen (secondary N) is 2. The maximum atomic E-state index is 13.6. The number of hydrogen-bond acceptors (Lipinski definition) is 7. The molecule has 4 saturated heterocycles. The molecule has 14 heteroatoms. The lowest BCUT2D eigenvalue weighted by atomic mass is 9.89. The van der Waals surface area contributed by atoms with E-state index in [0.29, 0.717) is 70.3 Å². The number of aromatic nitrogens is 2. The van der Waals surface area contributed by atoms with Gasteiger partial charge < -0.3 is 15.1 Å². The number of fused-ring (bicyclic) bond motifs is 2. The van der Waals surface area contributed by atoms with E-state index in [9.17, 15) is 33.2 Å². The molecule has 4 fully saturated rings. The quantitative estimate of drug-likeness (QED) is 0.0762. The van der Waals surface area contributed by atoms with Crippen molar-refractivity contribution in [2.75, 3.05) is 39.3 Å². The zero-order valence-electron chi connectivity index (χ0n) is 40.4. The summed E-state index contributed by atoms with van der Waals surface area (Å²) in [4.78, 5) is 83.3. The van der Waals surface area contributed by atoms with Crippen LogP contribution in [0.2, 0.25) is 0 Å². The molecule has 4 aliphatic heterocycles. The summed E-state index contributed by atoms with van der Waals surface area (Å²) in [5.74, 6) is 6.67. The van der Waals surface area contributed by atoms with E-state index < -0.39 is 11.9 Å². The van der Waals surface area contributed by atoms with Crippen molar-refractivity contribution >= 4 is 51.3 Å². The maximum Gasteiger partial charge on any atom is 0.329 e. The van der Waals surface area contributed by atoms with Crippen LogP contribution in [0.15, 0.2) is 83.7 Å². The van der Waals surface area contributed by atoms with Crippen molar-refractivity contribution in [3.63, 3.8) is 0 Å². The SMILES string of the molecule is CC(c1ccc(C#CC2CCN(C(=O)CCCCC(=O)N3CCC(c4ccc5c(c4)n(C)c(=O)n5C4CCC(=O)NC4=O)CC3)CC2)c2ccccc12)N1CCC(C(=O)NCc2cccc(F)c2)CC1. The number of hydrogen-bond donors (Lipinski definition) is 2. The lowest BCUT2D eigenvalue weighted by Gasteiger charge is -2.36. The third kappa shape index (κ3) is 10.7. The molecule has 9 rings (SSSR count). The number of imidazole rings is 1. The van der Waals surface area contributed by atoms with Gasteiger partial charge in [0.15, 0.2) is 0 Å². The molecule has 4 aromatic carbocycles. The molecule has 2 atom stereocenters. The van der Waals surface area contributed by atoms with Crippen LogP contribution in [0.4, 0.5) is 4.39 Å². The van der Waals surface area contributed by atoms with Gasteiger partial charge in [0, 0.05) is 82.5 Å². The molecule has 2 N–H and O–H groups in total. The Kier molecular flexibility index (Phi) is 14.9. The fourth-order valence-electron chi connectivity index (χ4n) is 11.2. The van der Waals surface area contributed by atoms with Crippen LogP contribution >= 0.6 is 0 Å². The number of rotatable bonds is 12. The molecule has 2 unspecified atom stereocenters. The lowest BCUT2D eigenvalue weighted by molar-refractivity contribution is -0.136. The van der Waals surface area contributed by atoms with Crippen molar-refractivity contribution in [3.8, 4) is 11.8 Å². The largest absolute Gasteiger partial charge is 0.352 e. The van der Waals surface area contributed by atoms with Gasteiger partial charge in [0.2, 0.25) is 29.5 Å². The Labute approximate surface area is 408 Å². The van der Waals surface area contributed by atoms with Crippen molar-refractivity contribution in [1.29, 1.82) is 0 Å². The predicted molar refractivity (Wildman–Crippen MR) is 267 cm³/mol. The average Bonchev–Trinajstić information content (AvgIpc) is 3.63. The molecule has 5 heterocycles. The Hall–Kier alpha value is -6.59. The van der Waals surface area contributed by atoms with Gasteiger partial charge in [-0.3, -0.25) is 43.3 Å². The summed E-state index contributed by atoms with van der Waals surface area (Å²) in [6, 6.07) is 24.5. The zero-order chi connectivity index (χ0) is 48.9. The minimum Gasteiger partial charge on any atom is -0.352 e. The molecule has 0 radical (unpaired) electrons. The number of carbonyl (C=O) groups excluding carboxylic acids is 5. The van der Waals surface area contributed by atoms with Crippen LogP contribution in [0, 0.1) is 29.5 Å². The highest BCUT2D eigenvalue weighted by Gasteiger charge is 2.33. The van der Waals surface area contributed by atoms with Gasteiger partial charge in [-0.25, -0.2) is 9.18 Å². The number of imide groups is 1. The van der Waals surface area contributed by atoms with Crippen LogP contribution in [0.25, 0.3) is 21.8 Å². The molecule has 4 aliphatic rings. The first-order chi connectivity index (χ1) is 33.9. The van der Waals surface area contributed by atoms with E-state index in [1.54, 1.807) is 17.7 Å². The van der Waals surface area contributed by atoms with Crippen molar-refractivity contribution in [3.05, 3.63) is 117 Å². The summed E-state index contributed by atoms with van der Waals surface area (Å²) in [6.07, 6.45) is 7.53. The number of aryl methyl sites for hydroxylation is 1. The van der Waals surface area contributed by atoms with Crippen LogP contribution in [0.1, 0.15) is 124 Å². The number of likely N-dealkylation sites (tertiary alicyclic amines) is 3. The van der Waals surface area contributed by atoms with Crippen LogP contribution in [0.3, 0.4) is 0 Å². The Balaban J connectivity index is 0.692. The first-order valence-electron chi connectivity index (χ1n) is 25.3. The molecule has 0 aliphatic carbocycles. The number of nitrogens with zero attached hydrogens (tertiary/aromatic N) is 5. The van der Waals surface area contributed by atoms with Crippen LogP contribution in [-0.4, -0.2) is 92.6 Å². The van der Waals surface area contributed by atoms with Gasteiger partial charge in [0.05, 0.1) is 11.0 Å². The molecule has 5 aromatic rings. The van der Waals surface area contributed by atoms with E-state index in [0.717, 1.165) is 79.2 Å². The zero-order valence-corrected chi connectivity index (χ0v) is 40.4. The van der Waals surface area contributed by atoms with E-state index in [1.807, 2.05) is 34.1 Å². The minimum absolute atomic E-state index is 0.0300. The third-order valence-corrected chi connectivity index (χ3v) is 15.5. The Morgan fingerprint density at radius 3 is 2.13 bits per heavy atom. The van der Waals surface area contributed by atoms with Crippen LogP contribution in [0.5, 0.6) is 0 Å². The highest BCUT2D eigenvalue weighted by Crippen LogP contribution is 2.34. The Bertz CT molecular complexity index is 2910. The molecule has 5 amide bonds. The fourth-order valence-corrected chi connectivity index (χ4v) is 11.2. The predicted octanol–water partition coefficient (Wildman–Crippen LogP) is 7.26. The molecule has 13 nitrogen and oxygen atoms in total. The monoisotopic (exact) mass is 949 g/mol. The number of halogens is 1. The van der Waals surface area contributed by atoms with E-state index in [4.69, 9.17) is 0 Å². The van der Waals surface area contributed by atoms with E-state index in [-0.39, 0.29) is 65.4 Å². The van der Waals surface area contributed by atoms with Gasteiger partial charge in [-0.05, 0) is 142 Å². The number of unbranched alkanes of at least 4 members (excludes halogenated alkanes) is 1. The second-order valence-electron chi connectivity index (χ2n) is 19.8. The molecule has 1 aromatic heterocycles. The minimum atomic E-state index is -0.722. The van der Waals surface area contributed by atoms with E-state index in [1.165, 1.54) is 27.6 Å². The molecule has 366 valence electrons. The normalized spacial score (nSPS) is 19.2. The van der Waals surface area contributed by atoms with Gasteiger partial charge in [0.25, 0.3) is 0 Å². The highest BCUT2D eigenvalue weighted by atomic mass is 19.1. The number of piperidine rings is 4. The average molecular weight is 950 g/mol. The van der Waals surface area contributed by atoms with Gasteiger partial charge in [0.1, 0.15) is 11.9 Å². The summed E-state index contributed by atoms with van der Waals surface area (Å²) < 4.78 is 16.7. The maximum absolute atomic E-state index is 13.6. The van der Waals surface area contributed by atoms with Crippen LogP contribution < -0.4 is 16.3 Å². The smallest absolute Gasteiger partial charge is 0.329 e. The summed E-state index contributed by atoms with van der Waals surface area (Å²) in [5.41, 5.74) is 5.24. The van der Waals surface area contributed by atoms with E-state index in [2.05, 4.69) is 70.7 Å². The van der Waals surface area contributed by atoms with Crippen molar-refractivity contribution in [2.24, 2.45) is 18.9 Å². The van der Waals surface area contributed by atoms with Gasteiger partial charge in [-0.2, -0.15) is 0 Å². The first-order valence-corrected chi connectivity index (χ1v) is 25.3. The molecular weight excluding hydrogens is 886 g/mol. The Morgan fingerprint density at radius 1 is 0.757 bits per heavy atom. The standard InChI is InChI=1S/C56H64FN7O6/c1-37(61-30-26-42(27-31-61)54(68)58-36-39-8-7-9-44(57)34-39)45-18-16-41(46-10-3-4-11-47(45)46)15-14-38-22-28-62(29-23-38)52(66)12-5-6-13-53(67)63-32-24-40(25-33-63)43-17-19-48-50(35-43)60(2)56(70)64(48)49-20-21-51(65)59-55(49)69/h3-4,7-11,16-19,34-35,37-38,40,42,49H,5-6,12-13,20-33,36H2,1-2H3,(H,58,68)(H,59,65,69). The van der Waals surface area contributed by atoms with Gasteiger partial charge in [-0.15, -0.1) is 0 Å². The number of amides is 5. The van der Waals surface area contributed by atoms with Crippen molar-refractivity contribution in [1.82, 2.24) is 34.5 Å². The summed E-state index contributed by atoms with van der Waals surface area (Å²) in [7, 11) is 1.70. The second-order valence-corrected chi connectivity index (χ2v) is 19.8. The molecule has 0 bridgehead atoms. The summed E-state index contributed by atoms with van der Waals surface area (Å²) in [6.45, 7) is 6.88. The van der Waals surface area contributed by atoms with Gasteiger partial charge in [-0.1, -0.05) is 60.4 Å². The topological polar surface area (TPSA) is 146 Å². The summed E-state index contributed by atoms with van der Waals surface area (Å²) >= 11 is 0. The fraction of sp³-hybridized carbons (Fsp3) is 0.464. The molecule has 0 saturated carbocycles. The molecule has 0 spiro atoms. The van der Waals surface area contributed by atoms with Crippen LogP contribution in [-0.2, 0) is 37.6 Å². The number of benzene rings is 4. The number of carbonyl (C=O) groups is 5. The van der Waals surface area contributed by atoms with E-state index >= 15 is 0 Å². The highest BCUT2D eigenvalue weighted by molar-refractivity contribution is 6.00. The molecular formula is C56H64FN7O6. The first kappa shape index (κ1) is 48.4. The van der Waals surface area contributed by atoms with Crippen molar-refractivity contribution in [2.45, 2.75) is 109 Å². The lowest BCUT2D eigenvalue weighted by Crippen LogP contribution is -2.44. The third-order valence-electron chi connectivity index (χ3n) is 15.5. The van der Waals surface area contributed by atoms with Crippen molar-refractivity contribution < 1.29 is 28.4 Å². The summed E-state index contributed by atoms with van der Waals surface area (Å²) in [5, 5.41) is 7.68. The van der Waals surface area contributed by atoms with Gasteiger partial charge >= 0.3 is 5.69 Å².